The summed E-state index contributed by atoms with van der Waals surface area (Å²) in [7, 11) is 0. The number of nitrogens with zero attached hydrogens (tertiary/aromatic N) is 3. The number of halogens is 2. The van der Waals surface area contributed by atoms with Gasteiger partial charge in [0.15, 0.2) is 5.75 Å². The highest BCUT2D eigenvalue weighted by Gasteiger charge is 2.11. The average molecular weight is 292 g/mol. The van der Waals surface area contributed by atoms with E-state index in [0.29, 0.717) is 28.0 Å². The second-order valence-electron chi connectivity index (χ2n) is 3.68. The minimum atomic E-state index is 0.297. The molecular formula is C10H11Cl2N3OS. The molecule has 2 rings (SSSR count). The van der Waals surface area contributed by atoms with E-state index >= 15 is 0 Å². The van der Waals surface area contributed by atoms with Gasteiger partial charge in [0, 0.05) is 6.04 Å². The standard InChI is InChI=1S/C10H11Cl2N3OS/c1-6(2)15-5-7(4-13-15)16-10-14-9(12)8(3-11)17-10/h4-6H,3H2,1-2H3. The van der Waals surface area contributed by atoms with E-state index in [1.54, 1.807) is 6.20 Å². The maximum absolute atomic E-state index is 5.88. The molecular weight excluding hydrogens is 281 g/mol. The fraction of sp³-hybridized carbons (Fsp3) is 0.400. The van der Waals surface area contributed by atoms with Crippen molar-refractivity contribution in [2.24, 2.45) is 0 Å². The summed E-state index contributed by atoms with van der Waals surface area (Å²) >= 11 is 12.9. The predicted octanol–water partition coefficient (Wildman–Crippen LogP) is 4.11. The Bertz CT molecular complexity index is 509. The summed E-state index contributed by atoms with van der Waals surface area (Å²) in [4.78, 5) is 4.88. The smallest absolute Gasteiger partial charge is 0.280 e. The zero-order valence-electron chi connectivity index (χ0n) is 9.35. The fourth-order valence-corrected chi connectivity index (χ4v) is 2.53. The van der Waals surface area contributed by atoms with Gasteiger partial charge in [0.05, 0.1) is 23.2 Å². The number of alkyl halides is 1. The van der Waals surface area contributed by atoms with Crippen molar-refractivity contribution in [2.45, 2.75) is 25.8 Å². The van der Waals surface area contributed by atoms with Gasteiger partial charge in [0.1, 0.15) is 5.15 Å². The molecule has 7 heteroatoms. The topological polar surface area (TPSA) is 39.9 Å². The third-order valence-corrected chi connectivity index (χ3v) is 3.85. The molecule has 0 N–H and O–H groups in total. The Hall–Kier alpha value is -0.780. The summed E-state index contributed by atoms with van der Waals surface area (Å²) in [6, 6.07) is 0.297. The van der Waals surface area contributed by atoms with Gasteiger partial charge >= 0.3 is 0 Å². The Balaban J connectivity index is 2.13. The largest absolute Gasteiger partial charge is 0.427 e. The van der Waals surface area contributed by atoms with E-state index in [1.165, 1.54) is 11.3 Å². The number of hydrogen-bond donors (Lipinski definition) is 0. The van der Waals surface area contributed by atoms with Crippen molar-refractivity contribution in [1.29, 1.82) is 0 Å². The SMILES string of the molecule is CC(C)n1cc(Oc2nc(Cl)c(CCl)s2)cn1. The zero-order valence-corrected chi connectivity index (χ0v) is 11.7. The van der Waals surface area contributed by atoms with Crippen LogP contribution in [-0.2, 0) is 5.88 Å². The van der Waals surface area contributed by atoms with Gasteiger partial charge in [-0.05, 0) is 13.8 Å². The molecule has 0 saturated carbocycles. The van der Waals surface area contributed by atoms with Crippen molar-refractivity contribution in [2.75, 3.05) is 0 Å². The molecule has 0 aliphatic rings. The molecule has 0 amide bonds. The molecule has 0 fully saturated rings. The summed E-state index contributed by atoms with van der Waals surface area (Å²) in [6.07, 6.45) is 3.47. The molecule has 0 aliphatic carbocycles. The van der Waals surface area contributed by atoms with Gasteiger partial charge < -0.3 is 4.74 Å². The number of aromatic nitrogens is 3. The van der Waals surface area contributed by atoms with E-state index in [2.05, 4.69) is 10.1 Å². The molecule has 0 bridgehead atoms. The first-order valence-corrected chi connectivity index (χ1v) is 6.76. The lowest BCUT2D eigenvalue weighted by molar-refractivity contribution is 0.474. The van der Waals surface area contributed by atoms with Crippen molar-refractivity contribution < 1.29 is 4.74 Å². The summed E-state index contributed by atoms with van der Waals surface area (Å²) in [5.41, 5.74) is 0. The van der Waals surface area contributed by atoms with Crippen LogP contribution >= 0.6 is 34.5 Å². The van der Waals surface area contributed by atoms with Crippen LogP contribution < -0.4 is 4.74 Å². The molecule has 17 heavy (non-hydrogen) atoms. The Morgan fingerprint density at radius 3 is 2.82 bits per heavy atom. The maximum Gasteiger partial charge on any atom is 0.280 e. The van der Waals surface area contributed by atoms with Crippen LogP contribution in [0, 0.1) is 0 Å². The normalized spacial score (nSPS) is 11.1. The summed E-state index contributed by atoms with van der Waals surface area (Å²) in [5.74, 6) is 0.982. The van der Waals surface area contributed by atoms with Crippen LogP contribution in [0.2, 0.25) is 5.15 Å². The van der Waals surface area contributed by atoms with E-state index in [-0.39, 0.29) is 0 Å². The monoisotopic (exact) mass is 291 g/mol. The van der Waals surface area contributed by atoms with Gasteiger partial charge in [-0.25, -0.2) is 0 Å². The Labute approximate surface area is 113 Å². The molecule has 4 nitrogen and oxygen atoms in total. The summed E-state index contributed by atoms with van der Waals surface area (Å²) < 4.78 is 7.37. The van der Waals surface area contributed by atoms with Gasteiger partial charge in [-0.15, -0.1) is 11.6 Å². The number of rotatable bonds is 4. The van der Waals surface area contributed by atoms with Gasteiger partial charge in [-0.3, -0.25) is 4.68 Å². The first-order valence-electron chi connectivity index (χ1n) is 5.03. The Morgan fingerprint density at radius 1 is 1.53 bits per heavy atom. The Kier molecular flexibility index (Phi) is 3.91. The highest BCUT2D eigenvalue weighted by atomic mass is 35.5. The number of ether oxygens (including phenoxy) is 1. The minimum absolute atomic E-state index is 0.297. The van der Waals surface area contributed by atoms with Gasteiger partial charge in [-0.2, -0.15) is 10.1 Å². The van der Waals surface area contributed by atoms with Crippen LogP contribution in [0.1, 0.15) is 24.8 Å². The molecule has 2 heterocycles. The average Bonchev–Trinajstić information content (AvgIpc) is 2.86. The van der Waals surface area contributed by atoms with Crippen LogP contribution in [0.25, 0.3) is 0 Å². The molecule has 0 radical (unpaired) electrons. The van der Waals surface area contributed by atoms with Crippen molar-refractivity contribution >= 4 is 34.5 Å². The van der Waals surface area contributed by atoms with Crippen LogP contribution in [0.5, 0.6) is 10.9 Å². The van der Waals surface area contributed by atoms with E-state index < -0.39 is 0 Å². The van der Waals surface area contributed by atoms with Gasteiger partial charge in [-0.1, -0.05) is 22.9 Å². The second kappa shape index (κ2) is 5.25. The van der Waals surface area contributed by atoms with E-state index in [4.69, 9.17) is 27.9 Å². The van der Waals surface area contributed by atoms with E-state index in [1.807, 2.05) is 24.7 Å². The van der Waals surface area contributed by atoms with Crippen LogP contribution in [0.4, 0.5) is 0 Å². The lowest BCUT2D eigenvalue weighted by Gasteiger charge is -2.02. The fourth-order valence-electron chi connectivity index (χ4n) is 1.20. The van der Waals surface area contributed by atoms with E-state index in [9.17, 15) is 0 Å². The van der Waals surface area contributed by atoms with Crippen molar-refractivity contribution in [3.8, 4) is 10.9 Å². The lowest BCUT2D eigenvalue weighted by atomic mass is 10.4. The van der Waals surface area contributed by atoms with Crippen molar-refractivity contribution in [3.05, 3.63) is 22.4 Å². The zero-order chi connectivity index (χ0) is 12.4. The number of hydrogen-bond acceptors (Lipinski definition) is 4. The highest BCUT2D eigenvalue weighted by molar-refractivity contribution is 7.14. The van der Waals surface area contributed by atoms with Gasteiger partial charge in [0.25, 0.3) is 5.19 Å². The van der Waals surface area contributed by atoms with Crippen LogP contribution in [0.3, 0.4) is 0 Å². The molecule has 0 aromatic carbocycles. The summed E-state index contributed by atoms with van der Waals surface area (Å²) in [5, 5.41) is 5.05. The quantitative estimate of drug-likeness (QED) is 0.796. The van der Waals surface area contributed by atoms with E-state index in [0.717, 1.165) is 4.88 Å². The minimum Gasteiger partial charge on any atom is -0.427 e. The molecule has 2 aromatic rings. The third kappa shape index (κ3) is 2.91. The first kappa shape index (κ1) is 12.7. The molecule has 2 aromatic heterocycles. The summed E-state index contributed by atoms with van der Waals surface area (Å²) in [6.45, 7) is 4.09. The third-order valence-electron chi connectivity index (χ3n) is 2.06. The van der Waals surface area contributed by atoms with Crippen LogP contribution in [-0.4, -0.2) is 14.8 Å². The predicted molar refractivity (Wildman–Crippen MR) is 69.4 cm³/mol. The molecule has 0 aliphatic heterocycles. The molecule has 0 spiro atoms. The second-order valence-corrected chi connectivity index (χ2v) is 5.35. The van der Waals surface area contributed by atoms with Gasteiger partial charge in [0.2, 0.25) is 0 Å². The number of thiazole rings is 1. The van der Waals surface area contributed by atoms with Crippen molar-refractivity contribution in [1.82, 2.24) is 14.8 Å². The first-order chi connectivity index (χ1) is 8.10. The molecule has 0 unspecified atom stereocenters. The Morgan fingerprint density at radius 2 is 2.29 bits per heavy atom. The molecule has 0 atom stereocenters. The molecule has 92 valence electrons. The lowest BCUT2D eigenvalue weighted by Crippen LogP contribution is -1.99. The maximum atomic E-state index is 5.88. The van der Waals surface area contributed by atoms with Crippen LogP contribution in [0.15, 0.2) is 12.4 Å². The highest BCUT2D eigenvalue weighted by Crippen LogP contribution is 2.32. The molecule has 0 saturated heterocycles. The van der Waals surface area contributed by atoms with Crippen molar-refractivity contribution in [3.63, 3.8) is 0 Å².